The second-order valence-electron chi connectivity index (χ2n) is 5.35. The topological polar surface area (TPSA) is 38.3 Å². The monoisotopic (exact) mass is 339 g/mol. The van der Waals surface area contributed by atoms with E-state index in [2.05, 4.69) is 21.2 Å². The third-order valence-electron chi connectivity index (χ3n) is 3.85. The molecule has 2 rings (SSSR count). The maximum Gasteiger partial charge on any atom is 0.331 e. The minimum atomic E-state index is -0.555. The summed E-state index contributed by atoms with van der Waals surface area (Å²) in [6, 6.07) is 7.96. The van der Waals surface area contributed by atoms with Crippen LogP contribution in [0, 0.1) is 0 Å². The molecule has 0 spiro atoms. The van der Waals surface area contributed by atoms with Crippen LogP contribution in [-0.2, 0) is 9.53 Å². The highest BCUT2D eigenvalue weighted by Crippen LogP contribution is 2.32. The van der Waals surface area contributed by atoms with Crippen LogP contribution in [0.3, 0.4) is 0 Å². The van der Waals surface area contributed by atoms with Gasteiger partial charge in [0.1, 0.15) is 5.54 Å². The van der Waals surface area contributed by atoms with Gasteiger partial charge in [-0.15, -0.1) is 0 Å². The van der Waals surface area contributed by atoms with Gasteiger partial charge in [0, 0.05) is 10.2 Å². The van der Waals surface area contributed by atoms with E-state index in [0.29, 0.717) is 6.61 Å². The number of benzene rings is 1. The van der Waals surface area contributed by atoms with Gasteiger partial charge in [0.15, 0.2) is 0 Å². The molecule has 1 aromatic carbocycles. The molecule has 110 valence electrons. The summed E-state index contributed by atoms with van der Waals surface area (Å²) in [5.74, 6) is -0.107. The summed E-state index contributed by atoms with van der Waals surface area (Å²) < 4.78 is 6.36. The van der Waals surface area contributed by atoms with Crippen molar-refractivity contribution in [1.29, 1.82) is 0 Å². The van der Waals surface area contributed by atoms with Crippen LogP contribution in [0.2, 0.25) is 0 Å². The van der Waals surface area contributed by atoms with Gasteiger partial charge in [0.05, 0.1) is 6.61 Å². The van der Waals surface area contributed by atoms with Crippen LogP contribution in [0.1, 0.15) is 45.4 Å². The Balaban J connectivity index is 2.20. The fourth-order valence-corrected chi connectivity index (χ4v) is 3.06. The molecular weight excluding hydrogens is 318 g/mol. The Morgan fingerprint density at radius 1 is 1.20 bits per heavy atom. The third-order valence-corrected chi connectivity index (χ3v) is 4.38. The molecule has 20 heavy (non-hydrogen) atoms. The highest BCUT2D eigenvalue weighted by atomic mass is 79.9. The number of carbonyl (C=O) groups is 1. The van der Waals surface area contributed by atoms with Crippen molar-refractivity contribution in [2.45, 2.75) is 51.0 Å². The number of hydrogen-bond acceptors (Lipinski definition) is 3. The molecule has 0 aromatic heterocycles. The predicted molar refractivity (Wildman–Crippen MR) is 84.8 cm³/mol. The van der Waals surface area contributed by atoms with Gasteiger partial charge in [-0.3, -0.25) is 0 Å². The molecule has 1 aromatic rings. The molecule has 0 radical (unpaired) electrons. The van der Waals surface area contributed by atoms with Crippen molar-refractivity contribution in [2.75, 3.05) is 11.9 Å². The number of hydrogen-bond donors (Lipinski definition) is 1. The largest absolute Gasteiger partial charge is 0.464 e. The van der Waals surface area contributed by atoms with Crippen molar-refractivity contribution in [3.05, 3.63) is 28.7 Å². The van der Waals surface area contributed by atoms with E-state index in [-0.39, 0.29) is 5.97 Å². The highest BCUT2D eigenvalue weighted by molar-refractivity contribution is 9.10. The summed E-state index contributed by atoms with van der Waals surface area (Å²) in [5, 5.41) is 3.45. The van der Waals surface area contributed by atoms with Crippen LogP contribution < -0.4 is 5.32 Å². The number of ether oxygens (including phenoxy) is 1. The molecule has 1 saturated carbocycles. The molecule has 0 atom stereocenters. The Morgan fingerprint density at radius 3 is 2.35 bits per heavy atom. The summed E-state index contributed by atoms with van der Waals surface area (Å²) in [7, 11) is 0. The summed E-state index contributed by atoms with van der Waals surface area (Å²) in [4.78, 5) is 12.5. The third kappa shape index (κ3) is 3.75. The zero-order chi connectivity index (χ0) is 14.4. The van der Waals surface area contributed by atoms with E-state index in [1.54, 1.807) is 0 Å². The second-order valence-corrected chi connectivity index (χ2v) is 6.26. The van der Waals surface area contributed by atoms with Gasteiger partial charge in [0.2, 0.25) is 0 Å². The molecule has 0 aliphatic heterocycles. The zero-order valence-electron chi connectivity index (χ0n) is 12.0. The normalized spacial score (nSPS) is 18.1. The molecule has 0 heterocycles. The Hall–Kier alpha value is -1.03. The van der Waals surface area contributed by atoms with Crippen molar-refractivity contribution in [3.63, 3.8) is 0 Å². The van der Waals surface area contributed by atoms with E-state index in [0.717, 1.165) is 35.8 Å². The maximum absolute atomic E-state index is 12.5. The lowest BCUT2D eigenvalue weighted by atomic mass is 9.89. The molecule has 0 bridgehead atoms. The molecular formula is C16H22BrNO2. The maximum atomic E-state index is 12.5. The van der Waals surface area contributed by atoms with Crippen LogP contribution in [0.5, 0.6) is 0 Å². The predicted octanol–water partition coefficient (Wildman–Crippen LogP) is 4.52. The van der Waals surface area contributed by atoms with Crippen molar-refractivity contribution in [1.82, 2.24) is 0 Å². The number of esters is 1. The minimum Gasteiger partial charge on any atom is -0.464 e. The van der Waals surface area contributed by atoms with Gasteiger partial charge >= 0.3 is 5.97 Å². The van der Waals surface area contributed by atoms with E-state index in [1.165, 1.54) is 12.8 Å². The van der Waals surface area contributed by atoms with E-state index in [4.69, 9.17) is 4.74 Å². The zero-order valence-corrected chi connectivity index (χ0v) is 13.5. The lowest BCUT2D eigenvalue weighted by Crippen LogP contribution is -2.47. The van der Waals surface area contributed by atoms with E-state index < -0.39 is 5.54 Å². The van der Waals surface area contributed by atoms with Crippen LogP contribution in [0.4, 0.5) is 5.69 Å². The Morgan fingerprint density at radius 2 is 1.80 bits per heavy atom. The van der Waals surface area contributed by atoms with Crippen molar-refractivity contribution >= 4 is 27.6 Å². The minimum absolute atomic E-state index is 0.107. The smallest absolute Gasteiger partial charge is 0.331 e. The highest BCUT2D eigenvalue weighted by Gasteiger charge is 2.39. The quantitative estimate of drug-likeness (QED) is 0.647. The fraction of sp³-hybridized carbons (Fsp3) is 0.562. The Labute approximate surface area is 129 Å². The van der Waals surface area contributed by atoms with Crippen molar-refractivity contribution in [2.24, 2.45) is 0 Å². The molecule has 1 N–H and O–H groups in total. The first kappa shape index (κ1) is 15.4. The number of anilines is 1. The summed E-state index contributed by atoms with van der Waals surface area (Å²) in [6.07, 6.45) is 6.24. The van der Waals surface area contributed by atoms with Crippen molar-refractivity contribution in [3.8, 4) is 0 Å². The van der Waals surface area contributed by atoms with E-state index in [9.17, 15) is 4.79 Å². The van der Waals surface area contributed by atoms with E-state index in [1.807, 2.05) is 31.2 Å². The number of rotatable bonds is 4. The average Bonchev–Trinajstić information content (AvgIpc) is 2.68. The Bertz CT molecular complexity index is 436. The van der Waals surface area contributed by atoms with Gasteiger partial charge in [-0.2, -0.15) is 0 Å². The van der Waals surface area contributed by atoms with Gasteiger partial charge in [-0.1, -0.05) is 41.6 Å². The lowest BCUT2D eigenvalue weighted by Gasteiger charge is -2.32. The van der Waals surface area contributed by atoms with Crippen LogP contribution >= 0.6 is 15.9 Å². The first-order valence-corrected chi connectivity index (χ1v) is 8.16. The molecule has 1 fully saturated rings. The first-order valence-electron chi connectivity index (χ1n) is 7.37. The van der Waals surface area contributed by atoms with Crippen molar-refractivity contribution < 1.29 is 9.53 Å². The van der Waals surface area contributed by atoms with Crippen LogP contribution in [0.15, 0.2) is 28.7 Å². The molecule has 0 unspecified atom stereocenters. The van der Waals surface area contributed by atoms with Gasteiger partial charge in [-0.05, 0) is 44.0 Å². The SMILES string of the molecule is CCOC(=O)C1(Nc2ccc(Br)cc2)CCCCCC1. The molecule has 4 heteroatoms. The molecule has 1 aliphatic rings. The summed E-state index contributed by atoms with van der Waals surface area (Å²) >= 11 is 3.43. The first-order chi connectivity index (χ1) is 9.66. The van der Waals surface area contributed by atoms with Crippen LogP contribution in [0.25, 0.3) is 0 Å². The average molecular weight is 340 g/mol. The number of carbonyl (C=O) groups excluding carboxylic acids is 1. The second kappa shape index (κ2) is 7.11. The van der Waals surface area contributed by atoms with Gasteiger partial charge in [-0.25, -0.2) is 4.79 Å². The number of nitrogens with one attached hydrogen (secondary N) is 1. The van der Waals surface area contributed by atoms with E-state index >= 15 is 0 Å². The molecule has 0 saturated heterocycles. The van der Waals surface area contributed by atoms with Gasteiger partial charge < -0.3 is 10.1 Å². The summed E-state index contributed by atoms with van der Waals surface area (Å²) in [6.45, 7) is 2.30. The Kier molecular flexibility index (Phi) is 5.46. The standard InChI is InChI=1S/C16H22BrNO2/c1-2-20-15(19)16(11-5-3-4-6-12-16)18-14-9-7-13(17)8-10-14/h7-10,18H,2-6,11-12H2,1H3. The van der Waals surface area contributed by atoms with Crippen LogP contribution in [-0.4, -0.2) is 18.1 Å². The molecule has 3 nitrogen and oxygen atoms in total. The molecule has 0 amide bonds. The molecule has 1 aliphatic carbocycles. The number of halogens is 1. The van der Waals surface area contributed by atoms with Gasteiger partial charge in [0.25, 0.3) is 0 Å². The summed E-state index contributed by atoms with van der Waals surface area (Å²) in [5.41, 5.74) is 0.420. The fourth-order valence-electron chi connectivity index (χ4n) is 2.79. The lowest BCUT2D eigenvalue weighted by molar-refractivity contribution is -0.149.